The number of aromatic hydroxyl groups is 1. The molecule has 1 heterocycles. The molecule has 0 radical (unpaired) electrons. The van der Waals surface area contributed by atoms with Gasteiger partial charge in [-0.3, -0.25) is 4.90 Å². The van der Waals surface area contributed by atoms with Gasteiger partial charge in [0.2, 0.25) is 0 Å². The molecular weight excluding hydrogens is 280 g/mol. The summed E-state index contributed by atoms with van der Waals surface area (Å²) in [5, 5.41) is 9.46. The molecule has 0 unspecified atom stereocenters. The van der Waals surface area contributed by atoms with Crippen LogP contribution in [0.25, 0.3) is 0 Å². The Balaban J connectivity index is 1.97. The molecule has 1 aromatic carbocycles. The minimum atomic E-state index is 0.310. The fourth-order valence-electron chi connectivity index (χ4n) is 2.17. The van der Waals surface area contributed by atoms with Crippen molar-refractivity contribution in [2.75, 3.05) is 33.2 Å². The first-order valence-electron chi connectivity index (χ1n) is 6.03. The van der Waals surface area contributed by atoms with Crippen molar-refractivity contribution in [3.63, 3.8) is 0 Å². The zero-order valence-electron chi connectivity index (χ0n) is 10.2. The number of phenolic OH excluding ortho intramolecular Hbond substituents is 1. The molecule has 0 spiro atoms. The molecule has 17 heavy (non-hydrogen) atoms. The van der Waals surface area contributed by atoms with Gasteiger partial charge in [-0.05, 0) is 60.2 Å². The van der Waals surface area contributed by atoms with Crippen LogP contribution in [0.15, 0.2) is 22.7 Å². The van der Waals surface area contributed by atoms with Crippen LogP contribution in [0.4, 0.5) is 0 Å². The second kappa shape index (κ2) is 5.85. The number of hydrogen-bond acceptors (Lipinski definition) is 3. The average molecular weight is 299 g/mol. The number of nitrogens with zero attached hydrogens (tertiary/aromatic N) is 2. The molecule has 1 aliphatic heterocycles. The molecule has 0 bridgehead atoms. The van der Waals surface area contributed by atoms with E-state index < -0.39 is 0 Å². The second-order valence-corrected chi connectivity index (χ2v) is 5.57. The molecule has 1 aromatic rings. The van der Waals surface area contributed by atoms with E-state index in [0.29, 0.717) is 5.75 Å². The van der Waals surface area contributed by atoms with Crippen molar-refractivity contribution >= 4 is 15.9 Å². The highest BCUT2D eigenvalue weighted by atomic mass is 79.9. The molecule has 4 heteroatoms. The van der Waals surface area contributed by atoms with Crippen molar-refractivity contribution in [1.29, 1.82) is 0 Å². The molecule has 0 atom stereocenters. The number of rotatable bonds is 2. The SMILES string of the molecule is CN1CCCN(Cc2ccc(O)c(Br)c2)CC1. The maximum atomic E-state index is 9.46. The Hall–Kier alpha value is -0.580. The first kappa shape index (κ1) is 12.9. The minimum absolute atomic E-state index is 0.310. The summed E-state index contributed by atoms with van der Waals surface area (Å²) < 4.78 is 0.780. The number of benzene rings is 1. The Labute approximate surface area is 111 Å². The third-order valence-electron chi connectivity index (χ3n) is 3.23. The zero-order valence-corrected chi connectivity index (χ0v) is 11.8. The minimum Gasteiger partial charge on any atom is -0.507 e. The lowest BCUT2D eigenvalue weighted by molar-refractivity contribution is 0.269. The van der Waals surface area contributed by atoms with Gasteiger partial charge < -0.3 is 10.0 Å². The Morgan fingerprint density at radius 1 is 1.24 bits per heavy atom. The smallest absolute Gasteiger partial charge is 0.129 e. The first-order chi connectivity index (χ1) is 8.15. The Kier molecular flexibility index (Phi) is 4.42. The predicted octanol–water partition coefficient (Wildman–Crippen LogP) is 2.29. The van der Waals surface area contributed by atoms with E-state index in [2.05, 4.69) is 32.8 Å². The van der Waals surface area contributed by atoms with Crippen molar-refractivity contribution in [2.24, 2.45) is 0 Å². The van der Waals surface area contributed by atoms with Crippen LogP contribution in [0.5, 0.6) is 5.75 Å². The van der Waals surface area contributed by atoms with Gasteiger partial charge in [0.25, 0.3) is 0 Å². The van der Waals surface area contributed by atoms with E-state index in [9.17, 15) is 5.11 Å². The lowest BCUT2D eigenvalue weighted by Gasteiger charge is -2.20. The molecule has 0 aliphatic carbocycles. The monoisotopic (exact) mass is 298 g/mol. The van der Waals surface area contributed by atoms with Gasteiger partial charge in [-0.2, -0.15) is 0 Å². The van der Waals surface area contributed by atoms with E-state index in [0.717, 1.165) is 30.7 Å². The lowest BCUT2D eigenvalue weighted by Crippen LogP contribution is -2.28. The predicted molar refractivity (Wildman–Crippen MR) is 73.2 cm³/mol. The van der Waals surface area contributed by atoms with Crippen LogP contribution in [0, 0.1) is 0 Å². The van der Waals surface area contributed by atoms with Crippen molar-refractivity contribution < 1.29 is 5.11 Å². The average Bonchev–Trinajstić information content (AvgIpc) is 2.49. The van der Waals surface area contributed by atoms with E-state index in [4.69, 9.17) is 0 Å². The third kappa shape index (κ3) is 3.69. The molecule has 94 valence electrons. The molecule has 0 aromatic heterocycles. The van der Waals surface area contributed by atoms with E-state index in [1.165, 1.54) is 18.5 Å². The summed E-state index contributed by atoms with van der Waals surface area (Å²) >= 11 is 3.36. The maximum Gasteiger partial charge on any atom is 0.129 e. The van der Waals surface area contributed by atoms with Gasteiger partial charge in [0.05, 0.1) is 4.47 Å². The molecule has 1 fully saturated rings. The van der Waals surface area contributed by atoms with Crippen LogP contribution in [0.3, 0.4) is 0 Å². The number of phenols is 1. The summed E-state index contributed by atoms with van der Waals surface area (Å²) in [5.41, 5.74) is 1.25. The highest BCUT2D eigenvalue weighted by molar-refractivity contribution is 9.10. The largest absolute Gasteiger partial charge is 0.507 e. The van der Waals surface area contributed by atoms with Crippen LogP contribution >= 0.6 is 15.9 Å². The second-order valence-electron chi connectivity index (χ2n) is 4.72. The molecule has 0 saturated carbocycles. The molecule has 0 amide bonds. The Bertz CT molecular complexity index is 384. The van der Waals surface area contributed by atoms with Gasteiger partial charge in [-0.1, -0.05) is 6.07 Å². The molecule has 2 rings (SSSR count). The fraction of sp³-hybridized carbons (Fsp3) is 0.538. The highest BCUT2D eigenvalue weighted by Gasteiger charge is 2.12. The molecule has 3 nitrogen and oxygen atoms in total. The third-order valence-corrected chi connectivity index (χ3v) is 3.87. The zero-order chi connectivity index (χ0) is 12.3. The molecule has 1 saturated heterocycles. The van der Waals surface area contributed by atoms with E-state index in [1.807, 2.05) is 12.1 Å². The summed E-state index contributed by atoms with van der Waals surface area (Å²) in [7, 11) is 2.18. The standard InChI is InChI=1S/C13H19BrN2O/c1-15-5-2-6-16(8-7-15)10-11-3-4-13(17)12(14)9-11/h3-4,9,17H,2,5-8,10H2,1H3. The van der Waals surface area contributed by atoms with Crippen molar-refractivity contribution in [3.8, 4) is 5.75 Å². The highest BCUT2D eigenvalue weighted by Crippen LogP contribution is 2.25. The summed E-state index contributed by atoms with van der Waals surface area (Å²) in [6.07, 6.45) is 1.23. The number of halogens is 1. The summed E-state index contributed by atoms with van der Waals surface area (Å²) in [5.74, 6) is 0.310. The number of likely N-dealkylation sites (N-methyl/N-ethyl adjacent to an activating group) is 1. The normalized spacial score (nSPS) is 19.2. The van der Waals surface area contributed by atoms with Crippen molar-refractivity contribution in [2.45, 2.75) is 13.0 Å². The van der Waals surface area contributed by atoms with Crippen LogP contribution < -0.4 is 0 Å². The number of hydrogen-bond donors (Lipinski definition) is 1. The fourth-order valence-corrected chi connectivity index (χ4v) is 2.59. The summed E-state index contributed by atoms with van der Waals surface area (Å²) in [6.45, 7) is 5.57. The van der Waals surface area contributed by atoms with E-state index in [-0.39, 0.29) is 0 Å². The summed E-state index contributed by atoms with van der Waals surface area (Å²) in [6, 6.07) is 5.75. The van der Waals surface area contributed by atoms with Gasteiger partial charge in [-0.25, -0.2) is 0 Å². The first-order valence-corrected chi connectivity index (χ1v) is 6.83. The van der Waals surface area contributed by atoms with Crippen LogP contribution in [-0.2, 0) is 6.54 Å². The topological polar surface area (TPSA) is 26.7 Å². The van der Waals surface area contributed by atoms with Crippen LogP contribution in [0.2, 0.25) is 0 Å². The molecular formula is C13H19BrN2O. The van der Waals surface area contributed by atoms with Gasteiger partial charge in [0.1, 0.15) is 5.75 Å². The van der Waals surface area contributed by atoms with E-state index in [1.54, 1.807) is 6.07 Å². The summed E-state index contributed by atoms with van der Waals surface area (Å²) in [4.78, 5) is 4.86. The van der Waals surface area contributed by atoms with Crippen molar-refractivity contribution in [3.05, 3.63) is 28.2 Å². The molecule has 1 aliphatic rings. The lowest BCUT2D eigenvalue weighted by atomic mass is 10.2. The van der Waals surface area contributed by atoms with Gasteiger partial charge >= 0.3 is 0 Å². The van der Waals surface area contributed by atoms with E-state index >= 15 is 0 Å². The van der Waals surface area contributed by atoms with Gasteiger partial charge in [0, 0.05) is 19.6 Å². The Morgan fingerprint density at radius 2 is 2.06 bits per heavy atom. The van der Waals surface area contributed by atoms with Crippen molar-refractivity contribution in [1.82, 2.24) is 9.80 Å². The van der Waals surface area contributed by atoms with Crippen LogP contribution in [-0.4, -0.2) is 48.1 Å². The Morgan fingerprint density at radius 3 is 2.82 bits per heavy atom. The van der Waals surface area contributed by atoms with Gasteiger partial charge in [0.15, 0.2) is 0 Å². The molecule has 1 N–H and O–H groups in total. The van der Waals surface area contributed by atoms with Gasteiger partial charge in [-0.15, -0.1) is 0 Å². The quantitative estimate of drug-likeness (QED) is 0.907. The maximum absolute atomic E-state index is 9.46. The van der Waals surface area contributed by atoms with Crippen LogP contribution in [0.1, 0.15) is 12.0 Å².